The van der Waals surface area contributed by atoms with Crippen LogP contribution in [0.25, 0.3) is 0 Å². The van der Waals surface area contributed by atoms with Crippen molar-refractivity contribution in [3.8, 4) is 0 Å². The van der Waals surface area contributed by atoms with Crippen LogP contribution in [-0.4, -0.2) is 20.6 Å². The highest BCUT2D eigenvalue weighted by Crippen LogP contribution is 2.34. The molecule has 1 aliphatic heterocycles. The van der Waals surface area contributed by atoms with Crippen LogP contribution in [0.4, 0.5) is 13.2 Å². The van der Waals surface area contributed by atoms with E-state index in [0.29, 0.717) is 13.0 Å². The van der Waals surface area contributed by atoms with Crippen molar-refractivity contribution in [1.29, 1.82) is 0 Å². The molecule has 4 nitrogen and oxygen atoms in total. The van der Waals surface area contributed by atoms with Gasteiger partial charge in [-0.05, 0) is 18.8 Å². The van der Waals surface area contributed by atoms with E-state index in [4.69, 9.17) is 5.11 Å². The molecule has 1 aliphatic rings. The number of imidazole rings is 1. The van der Waals surface area contributed by atoms with Crippen LogP contribution in [0.3, 0.4) is 0 Å². The molecule has 0 aliphatic carbocycles. The van der Waals surface area contributed by atoms with Gasteiger partial charge in [-0.25, -0.2) is 4.98 Å². The van der Waals surface area contributed by atoms with Crippen molar-refractivity contribution in [3.63, 3.8) is 0 Å². The third-order valence-electron chi connectivity index (χ3n) is 2.94. The first kappa shape index (κ1) is 11.9. The quantitative estimate of drug-likeness (QED) is 0.870. The van der Waals surface area contributed by atoms with Gasteiger partial charge in [-0.15, -0.1) is 0 Å². The van der Waals surface area contributed by atoms with E-state index in [-0.39, 0.29) is 24.5 Å². The summed E-state index contributed by atoms with van der Waals surface area (Å²) in [6.45, 7) is 0.399. The molecule has 7 heteroatoms. The Morgan fingerprint density at radius 3 is 2.88 bits per heavy atom. The van der Waals surface area contributed by atoms with Gasteiger partial charge in [0, 0.05) is 13.0 Å². The molecule has 0 amide bonds. The Hall–Kier alpha value is -1.53. The summed E-state index contributed by atoms with van der Waals surface area (Å²) in [6.07, 6.45) is -2.68. The normalized spacial score (nSPS) is 20.1. The summed E-state index contributed by atoms with van der Waals surface area (Å²) < 4.78 is 39.3. The van der Waals surface area contributed by atoms with Gasteiger partial charge < -0.3 is 9.67 Å². The number of halogens is 3. The number of aliphatic carboxylic acids is 1. The second-order valence-electron chi connectivity index (χ2n) is 4.19. The summed E-state index contributed by atoms with van der Waals surface area (Å²) in [6, 6.07) is 0. The lowest BCUT2D eigenvalue weighted by Crippen LogP contribution is -2.23. The zero-order chi connectivity index (χ0) is 12.6. The van der Waals surface area contributed by atoms with Gasteiger partial charge in [0.25, 0.3) is 0 Å². The fraction of sp³-hybridized carbons (Fsp3) is 0.600. The number of alkyl halides is 3. The largest absolute Gasteiger partial charge is 0.481 e. The Bertz CT molecular complexity index is 439. The summed E-state index contributed by atoms with van der Waals surface area (Å²) in [7, 11) is 0. The van der Waals surface area contributed by atoms with Crippen molar-refractivity contribution in [2.75, 3.05) is 0 Å². The van der Waals surface area contributed by atoms with Crippen molar-refractivity contribution >= 4 is 5.97 Å². The van der Waals surface area contributed by atoms with E-state index in [1.807, 2.05) is 0 Å². The average Bonchev–Trinajstić information content (AvgIpc) is 2.58. The van der Waals surface area contributed by atoms with E-state index in [1.165, 1.54) is 10.9 Å². The molecule has 2 rings (SSSR count). The highest BCUT2D eigenvalue weighted by atomic mass is 19.4. The molecule has 1 N–H and O–H groups in total. The molecule has 0 radical (unpaired) electrons. The van der Waals surface area contributed by atoms with E-state index in [2.05, 4.69) is 4.98 Å². The van der Waals surface area contributed by atoms with E-state index >= 15 is 0 Å². The maximum absolute atomic E-state index is 12.6. The van der Waals surface area contributed by atoms with Crippen LogP contribution in [0.1, 0.15) is 24.2 Å². The van der Waals surface area contributed by atoms with Gasteiger partial charge in [-0.3, -0.25) is 4.79 Å². The molecule has 0 fully saturated rings. The van der Waals surface area contributed by atoms with Crippen LogP contribution >= 0.6 is 0 Å². The van der Waals surface area contributed by atoms with Gasteiger partial charge in [0.15, 0.2) is 5.69 Å². The third-order valence-corrected chi connectivity index (χ3v) is 2.94. The number of hydrogen-bond acceptors (Lipinski definition) is 2. The fourth-order valence-electron chi connectivity index (χ4n) is 2.17. The van der Waals surface area contributed by atoms with Crippen LogP contribution < -0.4 is 0 Å². The molecular formula is C10H11F3N2O2. The van der Waals surface area contributed by atoms with Crippen molar-refractivity contribution in [3.05, 3.63) is 17.7 Å². The molecule has 17 heavy (non-hydrogen) atoms. The molecule has 1 atom stereocenters. The van der Waals surface area contributed by atoms with Crippen molar-refractivity contribution in [2.24, 2.45) is 5.92 Å². The zero-order valence-electron chi connectivity index (χ0n) is 8.87. The molecule has 1 aromatic rings. The fourth-order valence-corrected chi connectivity index (χ4v) is 2.17. The summed E-state index contributed by atoms with van der Waals surface area (Å²) >= 11 is 0. The first-order valence-electron chi connectivity index (χ1n) is 5.21. The maximum atomic E-state index is 12.6. The number of carbonyl (C=O) groups is 1. The number of nitrogens with zero attached hydrogens (tertiary/aromatic N) is 2. The minimum atomic E-state index is -4.47. The lowest BCUT2D eigenvalue weighted by Gasteiger charge is -2.23. The Morgan fingerprint density at radius 1 is 1.59 bits per heavy atom. The first-order valence-corrected chi connectivity index (χ1v) is 5.21. The summed E-state index contributed by atoms with van der Waals surface area (Å²) in [5.41, 5.74) is -0.775. The second-order valence-corrected chi connectivity index (χ2v) is 4.19. The minimum Gasteiger partial charge on any atom is -0.481 e. The Balaban J connectivity index is 2.23. The smallest absolute Gasteiger partial charge is 0.435 e. The molecule has 0 aromatic carbocycles. The monoisotopic (exact) mass is 248 g/mol. The molecule has 0 bridgehead atoms. The highest BCUT2D eigenvalue weighted by molar-refractivity contribution is 5.67. The van der Waals surface area contributed by atoms with Crippen LogP contribution in [0.15, 0.2) is 6.33 Å². The lowest BCUT2D eigenvalue weighted by atomic mass is 9.92. The van der Waals surface area contributed by atoms with E-state index in [0.717, 1.165) is 0 Å². The Labute approximate surface area is 95.1 Å². The summed E-state index contributed by atoms with van der Waals surface area (Å²) in [5.74, 6) is -1.21. The van der Waals surface area contributed by atoms with E-state index in [9.17, 15) is 18.0 Å². The number of hydrogen-bond donors (Lipinski definition) is 1. The Morgan fingerprint density at radius 2 is 2.29 bits per heavy atom. The van der Waals surface area contributed by atoms with E-state index in [1.54, 1.807) is 0 Å². The number of carboxylic acids is 1. The van der Waals surface area contributed by atoms with Crippen LogP contribution in [-0.2, 0) is 23.9 Å². The number of rotatable bonds is 2. The maximum Gasteiger partial charge on any atom is 0.435 e. The molecule has 1 unspecified atom stereocenters. The van der Waals surface area contributed by atoms with Crippen molar-refractivity contribution < 1.29 is 23.1 Å². The van der Waals surface area contributed by atoms with Crippen LogP contribution in [0.2, 0.25) is 0 Å². The topological polar surface area (TPSA) is 55.1 Å². The SMILES string of the molecule is O=C(O)CC1CCn2cnc(C(F)(F)F)c2C1. The first-order chi connectivity index (χ1) is 7.88. The molecule has 94 valence electrons. The molecule has 1 aromatic heterocycles. The number of aryl methyl sites for hydroxylation is 1. The van der Waals surface area contributed by atoms with Crippen molar-refractivity contribution in [2.45, 2.75) is 32.0 Å². The van der Waals surface area contributed by atoms with Gasteiger partial charge in [-0.2, -0.15) is 13.2 Å². The van der Waals surface area contributed by atoms with Gasteiger partial charge in [0.05, 0.1) is 12.0 Å². The molecular weight excluding hydrogens is 237 g/mol. The Kier molecular flexibility index (Phi) is 2.84. The third kappa shape index (κ3) is 2.42. The van der Waals surface area contributed by atoms with Gasteiger partial charge in [-0.1, -0.05) is 0 Å². The molecule has 0 saturated carbocycles. The number of aromatic nitrogens is 2. The number of carboxylic acid groups (broad SMARTS) is 1. The van der Waals surface area contributed by atoms with Crippen molar-refractivity contribution in [1.82, 2.24) is 9.55 Å². The van der Waals surface area contributed by atoms with Crippen LogP contribution in [0.5, 0.6) is 0 Å². The summed E-state index contributed by atoms with van der Waals surface area (Å²) in [5, 5.41) is 8.65. The van der Waals surface area contributed by atoms with Crippen LogP contribution in [0, 0.1) is 5.92 Å². The predicted molar refractivity (Wildman–Crippen MR) is 51.3 cm³/mol. The summed E-state index contributed by atoms with van der Waals surface area (Å²) in [4.78, 5) is 13.9. The van der Waals surface area contributed by atoms with Gasteiger partial charge in [0.1, 0.15) is 0 Å². The van der Waals surface area contributed by atoms with Gasteiger partial charge >= 0.3 is 12.1 Å². The lowest BCUT2D eigenvalue weighted by molar-refractivity contribution is -0.141. The molecule has 0 saturated heterocycles. The number of fused-ring (bicyclic) bond motifs is 1. The predicted octanol–water partition coefficient (Wildman–Crippen LogP) is 1.94. The standard InChI is InChI=1S/C10H11F3N2O2/c11-10(12,13)9-7-3-6(4-8(16)17)1-2-15(7)5-14-9/h5-6H,1-4H2,(H,16,17). The zero-order valence-corrected chi connectivity index (χ0v) is 8.87. The average molecular weight is 248 g/mol. The second kappa shape index (κ2) is 4.05. The highest BCUT2D eigenvalue weighted by Gasteiger charge is 2.39. The molecule has 2 heterocycles. The van der Waals surface area contributed by atoms with Gasteiger partial charge in [0.2, 0.25) is 0 Å². The molecule has 0 spiro atoms. The van der Waals surface area contributed by atoms with E-state index < -0.39 is 17.8 Å². The minimum absolute atomic E-state index is 0.0948.